The van der Waals surface area contributed by atoms with Crippen LogP contribution in [0.25, 0.3) is 0 Å². The Balaban J connectivity index is 2.37. The van der Waals surface area contributed by atoms with E-state index in [9.17, 15) is 4.79 Å². The summed E-state index contributed by atoms with van der Waals surface area (Å²) in [6.07, 6.45) is 2.92. The number of benzene rings is 1. The number of carbonyl (C=O) groups is 1. The van der Waals surface area contributed by atoms with Crippen LogP contribution in [0.1, 0.15) is 44.8 Å². The molecule has 0 bridgehead atoms. The topological polar surface area (TPSA) is 26.3 Å². The third-order valence-electron chi connectivity index (χ3n) is 3.94. The molecule has 0 aromatic heterocycles. The fraction of sp³-hybridized carbons (Fsp3) is 0.438. The predicted molar refractivity (Wildman–Crippen MR) is 84.8 cm³/mol. The van der Waals surface area contributed by atoms with Gasteiger partial charge in [-0.3, -0.25) is 0 Å². The number of hydrogen-bond acceptors (Lipinski definition) is 2. The van der Waals surface area contributed by atoms with Crippen molar-refractivity contribution in [2.45, 2.75) is 39.2 Å². The lowest BCUT2D eigenvalue weighted by Crippen LogP contribution is -2.22. The van der Waals surface area contributed by atoms with Gasteiger partial charge in [0.15, 0.2) is 0 Å². The summed E-state index contributed by atoms with van der Waals surface area (Å²) < 4.78 is 6.74. The van der Waals surface area contributed by atoms with E-state index in [0.29, 0.717) is 5.57 Å². The van der Waals surface area contributed by atoms with Gasteiger partial charge in [-0.05, 0) is 46.7 Å². The Morgan fingerprint density at radius 2 is 2.21 bits per heavy atom. The van der Waals surface area contributed by atoms with Crippen LogP contribution in [0.15, 0.2) is 36.4 Å². The molecule has 0 unspecified atom stereocenters. The molecule has 0 saturated carbocycles. The Morgan fingerprint density at radius 3 is 2.84 bits per heavy atom. The Labute approximate surface area is 128 Å². The first-order chi connectivity index (χ1) is 8.99. The minimum Gasteiger partial charge on any atom is -0.453 e. The minimum absolute atomic E-state index is 0.200. The number of halogens is 1. The van der Waals surface area contributed by atoms with Gasteiger partial charge in [-0.2, -0.15) is 0 Å². The molecule has 1 heterocycles. The van der Waals surface area contributed by atoms with E-state index in [1.165, 1.54) is 0 Å². The average Bonchev–Trinajstić information content (AvgIpc) is 2.61. The third-order valence-corrected chi connectivity index (χ3v) is 4.61. The molecule has 2 atom stereocenters. The highest BCUT2D eigenvalue weighted by molar-refractivity contribution is 14.1. The Kier molecular flexibility index (Phi) is 4.33. The molecule has 3 heteroatoms. The zero-order valence-electron chi connectivity index (χ0n) is 11.4. The van der Waals surface area contributed by atoms with Gasteiger partial charge in [0.1, 0.15) is 6.10 Å². The van der Waals surface area contributed by atoms with Crippen molar-refractivity contribution >= 4 is 28.6 Å². The third kappa shape index (κ3) is 2.71. The second-order valence-corrected chi connectivity index (χ2v) is 6.59. The highest BCUT2D eigenvalue weighted by Crippen LogP contribution is 2.51. The van der Waals surface area contributed by atoms with Gasteiger partial charge >= 0.3 is 5.97 Å². The van der Waals surface area contributed by atoms with Crippen LogP contribution in [0.5, 0.6) is 0 Å². The van der Waals surface area contributed by atoms with Crippen LogP contribution < -0.4 is 0 Å². The summed E-state index contributed by atoms with van der Waals surface area (Å²) in [7, 11) is 0. The van der Waals surface area contributed by atoms with Crippen molar-refractivity contribution in [3.63, 3.8) is 0 Å². The fourth-order valence-electron chi connectivity index (χ4n) is 2.63. The number of carbonyl (C=O) groups excluding carboxylic acids is 1. The number of cyclic esters (lactones) is 1. The van der Waals surface area contributed by atoms with Crippen molar-refractivity contribution in [1.82, 2.24) is 0 Å². The van der Waals surface area contributed by atoms with Crippen LogP contribution in [0.2, 0.25) is 0 Å². The zero-order chi connectivity index (χ0) is 14.0. The molecule has 1 fully saturated rings. The molecule has 1 aromatic carbocycles. The zero-order valence-corrected chi connectivity index (χ0v) is 13.6. The highest BCUT2D eigenvalue weighted by atomic mass is 127. The van der Waals surface area contributed by atoms with Crippen LogP contribution in [-0.4, -0.2) is 5.97 Å². The molecule has 2 nitrogen and oxygen atoms in total. The summed E-state index contributed by atoms with van der Waals surface area (Å²) in [6.45, 7) is 8.22. The molecule has 1 aromatic rings. The average molecular weight is 370 g/mol. The van der Waals surface area contributed by atoms with Gasteiger partial charge < -0.3 is 4.74 Å². The predicted octanol–water partition coefficient (Wildman–Crippen LogP) is 4.64. The summed E-state index contributed by atoms with van der Waals surface area (Å²) >= 11 is 2.28. The van der Waals surface area contributed by atoms with Crippen molar-refractivity contribution in [2.24, 2.45) is 5.41 Å². The first kappa shape index (κ1) is 14.6. The second kappa shape index (κ2) is 5.65. The maximum absolute atomic E-state index is 11.9. The van der Waals surface area contributed by atoms with Crippen molar-refractivity contribution in [3.8, 4) is 0 Å². The lowest BCUT2D eigenvalue weighted by atomic mass is 9.73. The number of ether oxygens (including phenoxy) is 1. The van der Waals surface area contributed by atoms with E-state index in [1.54, 1.807) is 0 Å². The summed E-state index contributed by atoms with van der Waals surface area (Å²) in [5, 5.41) is 0. The SMILES string of the molecule is C=C1C(=O)O[C@H](c2cccc(I)c2)[C@]1(C)CCCC. The largest absolute Gasteiger partial charge is 0.453 e. The normalized spacial score (nSPS) is 26.6. The van der Waals surface area contributed by atoms with Crippen LogP contribution in [0, 0.1) is 8.99 Å². The van der Waals surface area contributed by atoms with Gasteiger partial charge in [0, 0.05) is 14.6 Å². The van der Waals surface area contributed by atoms with E-state index >= 15 is 0 Å². The Morgan fingerprint density at radius 1 is 1.47 bits per heavy atom. The molecule has 0 amide bonds. The van der Waals surface area contributed by atoms with E-state index in [0.717, 1.165) is 28.4 Å². The van der Waals surface area contributed by atoms with E-state index in [2.05, 4.69) is 49.1 Å². The molecular formula is C16H19IO2. The maximum Gasteiger partial charge on any atom is 0.334 e. The van der Waals surface area contributed by atoms with Crippen LogP contribution in [-0.2, 0) is 9.53 Å². The first-order valence-electron chi connectivity index (χ1n) is 6.65. The van der Waals surface area contributed by atoms with E-state index in [4.69, 9.17) is 4.74 Å². The van der Waals surface area contributed by atoms with Gasteiger partial charge in [0.2, 0.25) is 0 Å². The van der Waals surface area contributed by atoms with Crippen LogP contribution in [0.3, 0.4) is 0 Å². The molecule has 1 saturated heterocycles. The molecule has 2 rings (SSSR count). The monoisotopic (exact) mass is 370 g/mol. The molecule has 1 aliphatic heterocycles. The van der Waals surface area contributed by atoms with Crippen molar-refractivity contribution in [2.75, 3.05) is 0 Å². The molecule has 0 spiro atoms. The van der Waals surface area contributed by atoms with Crippen LogP contribution >= 0.6 is 22.6 Å². The van der Waals surface area contributed by atoms with E-state index in [1.807, 2.05) is 18.2 Å². The first-order valence-corrected chi connectivity index (χ1v) is 7.72. The maximum atomic E-state index is 11.9. The number of rotatable bonds is 4. The summed E-state index contributed by atoms with van der Waals surface area (Å²) in [5.41, 5.74) is 1.40. The van der Waals surface area contributed by atoms with E-state index < -0.39 is 0 Å². The number of unbranched alkanes of at least 4 members (excludes halogenated alkanes) is 1. The highest BCUT2D eigenvalue weighted by Gasteiger charge is 2.49. The minimum atomic E-state index is -0.280. The summed E-state index contributed by atoms with van der Waals surface area (Å²) in [6, 6.07) is 8.16. The van der Waals surface area contributed by atoms with Gasteiger partial charge in [-0.25, -0.2) is 4.79 Å². The Bertz CT molecular complexity index is 509. The molecule has 102 valence electrons. The van der Waals surface area contributed by atoms with Crippen molar-refractivity contribution < 1.29 is 9.53 Å². The lowest BCUT2D eigenvalue weighted by molar-refractivity contribution is -0.140. The number of esters is 1. The van der Waals surface area contributed by atoms with Crippen LogP contribution in [0.4, 0.5) is 0 Å². The van der Waals surface area contributed by atoms with Gasteiger partial charge in [0.25, 0.3) is 0 Å². The van der Waals surface area contributed by atoms with Gasteiger partial charge in [-0.15, -0.1) is 0 Å². The van der Waals surface area contributed by atoms with Crippen molar-refractivity contribution in [3.05, 3.63) is 45.6 Å². The van der Waals surface area contributed by atoms with Gasteiger partial charge in [0.05, 0.1) is 0 Å². The van der Waals surface area contributed by atoms with Gasteiger partial charge in [-0.1, -0.05) is 45.4 Å². The standard InChI is InChI=1S/C16H19IO2/c1-4-5-9-16(3)11(2)15(18)19-14(16)12-7-6-8-13(17)10-12/h6-8,10,14H,2,4-5,9H2,1,3H3/t14-,16-/m1/s1. The second-order valence-electron chi connectivity index (χ2n) is 5.34. The molecule has 1 aliphatic rings. The van der Waals surface area contributed by atoms with Crippen molar-refractivity contribution in [1.29, 1.82) is 0 Å². The summed E-state index contributed by atoms with van der Waals surface area (Å²) in [4.78, 5) is 11.9. The number of hydrogen-bond donors (Lipinski definition) is 0. The van der Waals surface area contributed by atoms with E-state index in [-0.39, 0.29) is 17.5 Å². The molecule has 0 aliphatic carbocycles. The smallest absolute Gasteiger partial charge is 0.334 e. The fourth-order valence-corrected chi connectivity index (χ4v) is 3.20. The molecule has 0 radical (unpaired) electrons. The quantitative estimate of drug-likeness (QED) is 0.439. The molecule has 0 N–H and O–H groups in total. The summed E-state index contributed by atoms with van der Waals surface area (Å²) in [5.74, 6) is -0.248. The molecular weight excluding hydrogens is 351 g/mol. The lowest BCUT2D eigenvalue weighted by Gasteiger charge is -2.29. The molecule has 19 heavy (non-hydrogen) atoms. The Hall–Kier alpha value is -0.840.